The molecule has 9 heteroatoms. The summed E-state index contributed by atoms with van der Waals surface area (Å²) in [4.78, 5) is 13.2. The number of nitrogens with zero attached hydrogens (tertiary/aromatic N) is 1. The van der Waals surface area contributed by atoms with Gasteiger partial charge in [0.15, 0.2) is 17.2 Å². The van der Waals surface area contributed by atoms with Crippen LogP contribution in [-0.4, -0.2) is 39.4 Å². The highest BCUT2D eigenvalue weighted by Gasteiger charge is 2.28. The van der Waals surface area contributed by atoms with E-state index in [1.54, 1.807) is 48.5 Å². The van der Waals surface area contributed by atoms with Crippen molar-refractivity contribution >= 4 is 21.6 Å². The number of sulfonamides is 1. The van der Waals surface area contributed by atoms with Gasteiger partial charge in [-0.25, -0.2) is 8.42 Å². The zero-order valence-electron chi connectivity index (χ0n) is 21.0. The molecule has 0 saturated heterocycles. The van der Waals surface area contributed by atoms with Crippen molar-refractivity contribution in [1.29, 1.82) is 0 Å². The fourth-order valence-electron chi connectivity index (χ4n) is 3.76. The highest BCUT2D eigenvalue weighted by Crippen LogP contribution is 2.32. The van der Waals surface area contributed by atoms with Gasteiger partial charge in [-0.05, 0) is 42.0 Å². The van der Waals surface area contributed by atoms with Crippen LogP contribution in [0.15, 0.2) is 108 Å². The molecule has 4 aromatic carbocycles. The van der Waals surface area contributed by atoms with Crippen molar-refractivity contribution in [3.05, 3.63) is 109 Å². The third-order valence-corrected chi connectivity index (χ3v) is 7.43. The van der Waals surface area contributed by atoms with Gasteiger partial charge in [-0.15, -0.1) is 0 Å². The second kappa shape index (κ2) is 12.3. The maximum absolute atomic E-state index is 13.7. The molecule has 0 unspecified atom stereocenters. The number of nitrogens with one attached hydrogen (secondary N) is 1. The highest BCUT2D eigenvalue weighted by molar-refractivity contribution is 7.89. The fourth-order valence-corrected chi connectivity index (χ4v) is 5.16. The van der Waals surface area contributed by atoms with Crippen LogP contribution in [0.1, 0.15) is 5.56 Å². The zero-order valence-corrected chi connectivity index (χ0v) is 21.9. The first-order valence-electron chi connectivity index (χ1n) is 11.8. The molecule has 38 heavy (non-hydrogen) atoms. The van der Waals surface area contributed by atoms with E-state index in [0.29, 0.717) is 22.9 Å². The van der Waals surface area contributed by atoms with Gasteiger partial charge < -0.3 is 19.5 Å². The van der Waals surface area contributed by atoms with Gasteiger partial charge in [0.2, 0.25) is 15.9 Å². The van der Waals surface area contributed by atoms with Gasteiger partial charge >= 0.3 is 0 Å². The van der Waals surface area contributed by atoms with Crippen molar-refractivity contribution in [2.24, 2.45) is 0 Å². The summed E-state index contributed by atoms with van der Waals surface area (Å²) in [6, 6.07) is 29.5. The number of hydrogen-bond donors (Lipinski definition) is 1. The summed E-state index contributed by atoms with van der Waals surface area (Å²) in [7, 11) is -1.20. The van der Waals surface area contributed by atoms with Crippen molar-refractivity contribution in [1.82, 2.24) is 4.31 Å². The molecule has 1 amide bonds. The molecule has 0 aromatic heterocycles. The molecule has 0 aliphatic carbocycles. The van der Waals surface area contributed by atoms with Crippen molar-refractivity contribution < 1.29 is 27.4 Å². The Morgan fingerprint density at radius 3 is 2.08 bits per heavy atom. The van der Waals surface area contributed by atoms with E-state index in [1.165, 1.54) is 32.4 Å². The van der Waals surface area contributed by atoms with Crippen LogP contribution in [0.25, 0.3) is 0 Å². The van der Waals surface area contributed by atoms with E-state index in [0.717, 1.165) is 9.87 Å². The third-order valence-electron chi connectivity index (χ3n) is 5.65. The van der Waals surface area contributed by atoms with E-state index < -0.39 is 22.5 Å². The molecule has 0 radical (unpaired) electrons. The Balaban J connectivity index is 1.60. The van der Waals surface area contributed by atoms with Crippen LogP contribution in [-0.2, 0) is 21.4 Å². The van der Waals surface area contributed by atoms with E-state index >= 15 is 0 Å². The predicted octanol–water partition coefficient (Wildman–Crippen LogP) is 5.33. The predicted molar refractivity (Wildman–Crippen MR) is 145 cm³/mol. The van der Waals surface area contributed by atoms with E-state index in [4.69, 9.17) is 14.2 Å². The number of benzene rings is 4. The van der Waals surface area contributed by atoms with Gasteiger partial charge in [-0.2, -0.15) is 4.31 Å². The van der Waals surface area contributed by atoms with Crippen molar-refractivity contribution in [3.63, 3.8) is 0 Å². The Labute approximate surface area is 222 Å². The van der Waals surface area contributed by atoms with E-state index in [1.807, 2.05) is 36.4 Å². The normalized spacial score (nSPS) is 11.1. The molecular formula is C29H28N2O6S. The number of para-hydroxylation sites is 3. The molecule has 0 saturated carbocycles. The quantitative estimate of drug-likeness (QED) is 0.281. The van der Waals surface area contributed by atoms with Gasteiger partial charge in [-0.3, -0.25) is 4.79 Å². The van der Waals surface area contributed by atoms with Crippen LogP contribution in [0, 0.1) is 0 Å². The minimum Gasteiger partial charge on any atom is -0.493 e. The van der Waals surface area contributed by atoms with Crippen molar-refractivity contribution in [3.8, 4) is 23.0 Å². The molecule has 4 rings (SSSR count). The third kappa shape index (κ3) is 6.50. The Bertz CT molecular complexity index is 1480. The van der Waals surface area contributed by atoms with Crippen LogP contribution in [0.2, 0.25) is 0 Å². The van der Waals surface area contributed by atoms with Crippen LogP contribution < -0.4 is 19.5 Å². The van der Waals surface area contributed by atoms with Gasteiger partial charge in [-0.1, -0.05) is 60.7 Å². The second-order valence-electron chi connectivity index (χ2n) is 8.23. The first-order chi connectivity index (χ1) is 18.4. The Morgan fingerprint density at radius 1 is 0.763 bits per heavy atom. The molecule has 0 heterocycles. The fraction of sp³-hybridized carbons (Fsp3) is 0.138. The standard InChI is InChI=1S/C29H28N2O6S/c1-35-27-18-17-24(19-28(27)36-2)38(33,34)31(20-22-11-5-3-6-12-22)21-29(32)30-25-15-9-10-16-26(25)37-23-13-7-4-8-14-23/h3-19H,20-21H2,1-2H3,(H,30,32). The monoisotopic (exact) mass is 532 g/mol. The lowest BCUT2D eigenvalue weighted by atomic mass is 10.2. The average molecular weight is 533 g/mol. The number of amides is 1. The van der Waals surface area contributed by atoms with Gasteiger partial charge in [0.1, 0.15) is 5.75 Å². The molecule has 0 aliphatic rings. The number of carbonyl (C=O) groups is 1. The first-order valence-corrected chi connectivity index (χ1v) is 13.2. The SMILES string of the molecule is COc1ccc(S(=O)(=O)N(CC(=O)Nc2ccccc2Oc2ccccc2)Cc2ccccc2)cc1OC. The Kier molecular flexibility index (Phi) is 8.62. The highest BCUT2D eigenvalue weighted by atomic mass is 32.2. The van der Waals surface area contributed by atoms with E-state index in [2.05, 4.69) is 5.32 Å². The largest absolute Gasteiger partial charge is 0.493 e. The molecular weight excluding hydrogens is 504 g/mol. The van der Waals surface area contributed by atoms with Crippen LogP contribution >= 0.6 is 0 Å². The summed E-state index contributed by atoms with van der Waals surface area (Å²) in [6.45, 7) is -0.432. The van der Waals surface area contributed by atoms with E-state index in [-0.39, 0.29) is 17.2 Å². The summed E-state index contributed by atoms with van der Waals surface area (Å²) in [5.74, 6) is 1.19. The smallest absolute Gasteiger partial charge is 0.243 e. The molecule has 196 valence electrons. The summed E-state index contributed by atoms with van der Waals surface area (Å²) in [6.07, 6.45) is 0. The number of methoxy groups -OCH3 is 2. The molecule has 1 N–H and O–H groups in total. The Hall–Kier alpha value is -4.34. The lowest BCUT2D eigenvalue weighted by Crippen LogP contribution is -2.37. The maximum atomic E-state index is 13.7. The van der Waals surface area contributed by atoms with E-state index in [9.17, 15) is 13.2 Å². The number of anilines is 1. The number of carbonyl (C=O) groups excluding carboxylic acids is 1. The molecule has 0 fully saturated rings. The van der Waals surface area contributed by atoms with Crippen molar-refractivity contribution in [2.45, 2.75) is 11.4 Å². The average Bonchev–Trinajstić information content (AvgIpc) is 2.94. The summed E-state index contributed by atoms with van der Waals surface area (Å²) in [5, 5.41) is 2.80. The Morgan fingerprint density at radius 2 is 1.39 bits per heavy atom. The van der Waals surface area contributed by atoms with Crippen molar-refractivity contribution in [2.75, 3.05) is 26.1 Å². The topological polar surface area (TPSA) is 94.2 Å². The maximum Gasteiger partial charge on any atom is 0.243 e. The molecule has 0 bridgehead atoms. The van der Waals surface area contributed by atoms with Crippen LogP contribution in [0.4, 0.5) is 5.69 Å². The number of hydrogen-bond acceptors (Lipinski definition) is 6. The summed E-state index contributed by atoms with van der Waals surface area (Å²) < 4.78 is 45.0. The molecule has 0 atom stereocenters. The van der Waals surface area contributed by atoms with Crippen LogP contribution in [0.5, 0.6) is 23.0 Å². The van der Waals surface area contributed by atoms with Gasteiger partial charge in [0.05, 0.1) is 31.3 Å². The minimum atomic E-state index is -4.10. The lowest BCUT2D eigenvalue weighted by molar-refractivity contribution is -0.116. The number of rotatable bonds is 11. The molecule has 0 spiro atoms. The van der Waals surface area contributed by atoms with Gasteiger partial charge in [0, 0.05) is 12.6 Å². The molecule has 0 aliphatic heterocycles. The summed E-state index contributed by atoms with van der Waals surface area (Å²) >= 11 is 0. The first kappa shape index (κ1) is 26.7. The molecule has 8 nitrogen and oxygen atoms in total. The summed E-state index contributed by atoms with van der Waals surface area (Å²) in [5.41, 5.74) is 1.15. The second-order valence-corrected chi connectivity index (χ2v) is 10.2. The minimum absolute atomic E-state index is 0.00685. The lowest BCUT2D eigenvalue weighted by Gasteiger charge is -2.23. The zero-order chi connectivity index (χ0) is 27.0. The molecule has 4 aromatic rings. The van der Waals surface area contributed by atoms with Gasteiger partial charge in [0.25, 0.3) is 0 Å². The number of ether oxygens (including phenoxy) is 3. The van der Waals surface area contributed by atoms with Crippen LogP contribution in [0.3, 0.4) is 0 Å².